The molecule has 8 nitrogen and oxygen atoms in total. The quantitative estimate of drug-likeness (QED) is 0.674. The summed E-state index contributed by atoms with van der Waals surface area (Å²) in [5.41, 5.74) is 6.48. The number of esters is 1. The number of Topliss-reactive ketones (excluding diaryl/α,β-unsaturated/α-hetero) is 1. The van der Waals surface area contributed by atoms with Crippen LogP contribution in [0.25, 0.3) is 0 Å². The summed E-state index contributed by atoms with van der Waals surface area (Å²) >= 11 is 0. The smallest absolute Gasteiger partial charge is 0.341 e. The van der Waals surface area contributed by atoms with Gasteiger partial charge in [0.1, 0.15) is 22.5 Å². The number of fused-ring (bicyclic) bond motifs is 3. The van der Waals surface area contributed by atoms with Crippen molar-refractivity contribution in [1.29, 1.82) is 0 Å². The molecule has 1 spiro atoms. The highest BCUT2D eigenvalue weighted by Gasteiger charge is 2.62. The summed E-state index contributed by atoms with van der Waals surface area (Å²) in [5, 5.41) is 2.82. The minimum absolute atomic E-state index is 0.0777. The minimum Gasteiger partial charge on any atom is -0.497 e. The Morgan fingerprint density at radius 3 is 2.59 bits per heavy atom. The molecule has 2 atom stereocenters. The molecule has 2 unspecified atom stereocenters. The third-order valence-electron chi connectivity index (χ3n) is 6.64. The minimum atomic E-state index is -1.72. The van der Waals surface area contributed by atoms with Crippen molar-refractivity contribution in [3.8, 4) is 5.75 Å². The van der Waals surface area contributed by atoms with Crippen LogP contribution in [0.3, 0.4) is 0 Å². The number of hydrogen-bond acceptors (Lipinski definition) is 7. The van der Waals surface area contributed by atoms with Crippen LogP contribution in [0, 0.1) is 0 Å². The maximum absolute atomic E-state index is 13.7. The summed E-state index contributed by atoms with van der Waals surface area (Å²) < 4.78 is 16.4. The predicted molar refractivity (Wildman–Crippen MR) is 123 cm³/mol. The van der Waals surface area contributed by atoms with Gasteiger partial charge in [0.2, 0.25) is 11.8 Å². The Kier molecular flexibility index (Phi) is 5.16. The van der Waals surface area contributed by atoms with Gasteiger partial charge in [0, 0.05) is 24.1 Å². The van der Waals surface area contributed by atoms with E-state index in [0.29, 0.717) is 29.2 Å². The number of nitrogens with one attached hydrogen (secondary N) is 1. The lowest BCUT2D eigenvalue weighted by Crippen LogP contribution is -2.49. The second kappa shape index (κ2) is 8.06. The molecule has 0 radical (unpaired) electrons. The first kappa shape index (κ1) is 21.8. The van der Waals surface area contributed by atoms with Crippen molar-refractivity contribution in [2.24, 2.45) is 5.73 Å². The molecule has 0 saturated heterocycles. The number of allylic oxidation sites excluding steroid dienone is 1. The number of nitrogens with two attached hydrogens (primary N) is 1. The Morgan fingerprint density at radius 1 is 1.15 bits per heavy atom. The number of ketones is 1. The molecule has 0 bridgehead atoms. The Balaban J connectivity index is 1.68. The van der Waals surface area contributed by atoms with Crippen molar-refractivity contribution in [2.45, 2.75) is 31.1 Å². The summed E-state index contributed by atoms with van der Waals surface area (Å²) in [7, 11) is 1.59. The van der Waals surface area contributed by atoms with Crippen molar-refractivity contribution in [3.05, 3.63) is 82.4 Å². The van der Waals surface area contributed by atoms with E-state index in [0.717, 1.165) is 5.56 Å². The van der Waals surface area contributed by atoms with Crippen LogP contribution in [0.1, 0.15) is 36.8 Å². The Labute approximate surface area is 196 Å². The number of para-hydroxylation sites is 1. The first-order valence-electron chi connectivity index (χ1n) is 11.1. The van der Waals surface area contributed by atoms with E-state index >= 15 is 0 Å². The summed E-state index contributed by atoms with van der Waals surface area (Å²) in [6.07, 6.45) is 0.503. The molecule has 2 aromatic carbocycles. The predicted octanol–water partition coefficient (Wildman–Crippen LogP) is 3.05. The number of hydrogen-bond donors (Lipinski definition) is 2. The third-order valence-corrected chi connectivity index (χ3v) is 6.64. The maximum atomic E-state index is 13.7. The van der Waals surface area contributed by atoms with E-state index in [4.69, 9.17) is 19.9 Å². The summed E-state index contributed by atoms with van der Waals surface area (Å²) in [6.45, 7) is 1.73. The molecular weight excluding hydrogens is 436 g/mol. The van der Waals surface area contributed by atoms with Crippen molar-refractivity contribution in [2.75, 3.05) is 19.0 Å². The average Bonchev–Trinajstić information content (AvgIpc) is 3.10. The number of amides is 1. The lowest BCUT2D eigenvalue weighted by Gasteiger charge is -2.40. The number of rotatable bonds is 4. The van der Waals surface area contributed by atoms with Crippen molar-refractivity contribution in [1.82, 2.24) is 0 Å². The fourth-order valence-electron chi connectivity index (χ4n) is 5.21. The van der Waals surface area contributed by atoms with Gasteiger partial charge < -0.3 is 25.3 Å². The fraction of sp³-hybridized carbons (Fsp3) is 0.269. The van der Waals surface area contributed by atoms with E-state index in [1.165, 1.54) is 0 Å². The second-order valence-corrected chi connectivity index (χ2v) is 8.41. The normalized spacial score (nSPS) is 23.3. The van der Waals surface area contributed by atoms with Crippen LogP contribution < -0.4 is 15.8 Å². The molecule has 2 aliphatic heterocycles. The van der Waals surface area contributed by atoms with Crippen LogP contribution >= 0.6 is 0 Å². The molecule has 0 aromatic heterocycles. The highest BCUT2D eigenvalue weighted by atomic mass is 16.5. The van der Waals surface area contributed by atoms with Crippen LogP contribution in [-0.4, -0.2) is 31.4 Å². The first-order chi connectivity index (χ1) is 16.4. The van der Waals surface area contributed by atoms with E-state index in [1.54, 1.807) is 38.3 Å². The van der Waals surface area contributed by atoms with E-state index in [-0.39, 0.29) is 41.8 Å². The molecule has 1 amide bonds. The van der Waals surface area contributed by atoms with Crippen molar-refractivity contribution in [3.63, 3.8) is 0 Å². The average molecular weight is 460 g/mol. The topological polar surface area (TPSA) is 117 Å². The second-order valence-electron chi connectivity index (χ2n) is 8.41. The molecular formula is C26H24N2O6. The van der Waals surface area contributed by atoms with Crippen LogP contribution in [0.2, 0.25) is 0 Å². The molecule has 0 fully saturated rings. The van der Waals surface area contributed by atoms with Crippen LogP contribution in [0.5, 0.6) is 5.75 Å². The van der Waals surface area contributed by atoms with Gasteiger partial charge >= 0.3 is 5.97 Å². The monoisotopic (exact) mass is 460 g/mol. The Morgan fingerprint density at radius 2 is 1.88 bits per heavy atom. The van der Waals surface area contributed by atoms with Gasteiger partial charge in [-0.25, -0.2) is 4.79 Å². The zero-order valence-corrected chi connectivity index (χ0v) is 18.8. The van der Waals surface area contributed by atoms with Crippen LogP contribution in [-0.2, 0) is 29.3 Å². The molecule has 3 N–H and O–H groups in total. The van der Waals surface area contributed by atoms with Gasteiger partial charge in [-0.05, 0) is 36.6 Å². The summed E-state index contributed by atoms with van der Waals surface area (Å²) in [4.78, 5) is 40.4. The maximum Gasteiger partial charge on any atom is 0.341 e. The molecule has 174 valence electrons. The largest absolute Gasteiger partial charge is 0.497 e. The highest BCUT2D eigenvalue weighted by molar-refractivity contribution is 6.22. The number of carbonyl (C=O) groups is 3. The summed E-state index contributed by atoms with van der Waals surface area (Å²) in [5.74, 6) is -0.977. The molecule has 0 saturated carbocycles. The SMILES string of the molecule is CCOC(=O)C1=C(N)OC2=C(C(=O)CC(c3ccc(OC)cc3)C2)C12C(=O)Nc1ccccc12. The van der Waals surface area contributed by atoms with Crippen molar-refractivity contribution >= 4 is 23.3 Å². The van der Waals surface area contributed by atoms with Gasteiger partial charge in [0.05, 0.1) is 19.3 Å². The Bertz CT molecular complexity index is 1280. The molecule has 8 heteroatoms. The van der Waals surface area contributed by atoms with Gasteiger partial charge in [-0.2, -0.15) is 0 Å². The standard InChI is InChI=1S/C26H24N2O6/c1-3-33-24(30)22-23(27)34-20-13-15(14-8-10-16(32-2)11-9-14)12-19(29)21(20)26(22)17-6-4-5-7-18(17)28-25(26)31/h4-11,15H,3,12-13,27H2,1-2H3,(H,28,31). The van der Waals surface area contributed by atoms with Gasteiger partial charge in [-0.3, -0.25) is 9.59 Å². The number of ether oxygens (including phenoxy) is 3. The van der Waals surface area contributed by atoms with Gasteiger partial charge in [0.15, 0.2) is 5.78 Å². The Hall–Kier alpha value is -4.07. The number of anilines is 1. The van der Waals surface area contributed by atoms with E-state index in [9.17, 15) is 14.4 Å². The molecule has 5 rings (SSSR count). The van der Waals surface area contributed by atoms with Gasteiger partial charge in [0.25, 0.3) is 0 Å². The number of carbonyl (C=O) groups excluding carboxylic acids is 3. The number of methoxy groups -OCH3 is 1. The van der Waals surface area contributed by atoms with Gasteiger partial charge in [-0.1, -0.05) is 30.3 Å². The molecule has 34 heavy (non-hydrogen) atoms. The number of benzene rings is 2. The zero-order chi connectivity index (χ0) is 24.0. The lowest BCUT2D eigenvalue weighted by molar-refractivity contribution is -0.141. The zero-order valence-electron chi connectivity index (χ0n) is 18.8. The third kappa shape index (κ3) is 3.02. The molecule has 2 aromatic rings. The summed E-state index contributed by atoms with van der Waals surface area (Å²) in [6, 6.07) is 14.4. The molecule has 1 aliphatic carbocycles. The van der Waals surface area contributed by atoms with Crippen molar-refractivity contribution < 1.29 is 28.6 Å². The highest BCUT2D eigenvalue weighted by Crippen LogP contribution is 2.55. The fourth-order valence-corrected chi connectivity index (χ4v) is 5.21. The van der Waals surface area contributed by atoms with Crippen LogP contribution in [0.4, 0.5) is 5.69 Å². The molecule has 3 aliphatic rings. The lowest BCUT2D eigenvalue weighted by atomic mass is 9.63. The van der Waals surface area contributed by atoms with E-state index < -0.39 is 17.3 Å². The molecule has 2 heterocycles. The van der Waals surface area contributed by atoms with Gasteiger partial charge in [-0.15, -0.1) is 0 Å². The first-order valence-corrected chi connectivity index (χ1v) is 11.1. The van der Waals surface area contributed by atoms with E-state index in [2.05, 4.69) is 5.32 Å². The van der Waals surface area contributed by atoms with Crippen LogP contribution in [0.15, 0.2) is 71.3 Å². The van der Waals surface area contributed by atoms with E-state index in [1.807, 2.05) is 24.3 Å².